The summed E-state index contributed by atoms with van der Waals surface area (Å²) in [6.07, 6.45) is 1.56. The molecule has 1 saturated heterocycles. The van der Waals surface area contributed by atoms with E-state index >= 15 is 0 Å². The molecular formula is C13H20N4O3. The molecule has 1 aliphatic heterocycles. The van der Waals surface area contributed by atoms with Gasteiger partial charge in [0.15, 0.2) is 0 Å². The van der Waals surface area contributed by atoms with Crippen molar-refractivity contribution >= 4 is 17.3 Å². The number of methoxy groups -OCH3 is 1. The lowest BCUT2D eigenvalue weighted by Gasteiger charge is -2.20. The predicted molar refractivity (Wildman–Crippen MR) is 76.2 cm³/mol. The SMILES string of the molecule is COc1nccc(N(C)C)c1NC(=O)C1CC(O)CN1. The van der Waals surface area contributed by atoms with E-state index in [-0.39, 0.29) is 5.91 Å². The van der Waals surface area contributed by atoms with Gasteiger partial charge in [-0.3, -0.25) is 4.79 Å². The Hall–Kier alpha value is -1.86. The first kappa shape index (κ1) is 14.5. The zero-order chi connectivity index (χ0) is 14.7. The lowest BCUT2D eigenvalue weighted by atomic mass is 10.2. The zero-order valence-electron chi connectivity index (χ0n) is 11.9. The number of aliphatic hydroxyl groups is 1. The maximum atomic E-state index is 12.2. The summed E-state index contributed by atoms with van der Waals surface area (Å²) >= 11 is 0. The van der Waals surface area contributed by atoms with Gasteiger partial charge >= 0.3 is 0 Å². The minimum Gasteiger partial charge on any atom is -0.479 e. The lowest BCUT2D eigenvalue weighted by Crippen LogP contribution is -2.36. The average Bonchev–Trinajstić information content (AvgIpc) is 2.85. The van der Waals surface area contributed by atoms with E-state index in [0.717, 1.165) is 5.69 Å². The summed E-state index contributed by atoms with van der Waals surface area (Å²) in [5, 5.41) is 15.3. The van der Waals surface area contributed by atoms with Crippen LogP contribution in [0.4, 0.5) is 11.4 Å². The van der Waals surface area contributed by atoms with Crippen LogP contribution in [-0.4, -0.2) is 55.9 Å². The molecule has 0 radical (unpaired) electrons. The highest BCUT2D eigenvalue weighted by molar-refractivity contribution is 5.99. The van der Waals surface area contributed by atoms with Gasteiger partial charge in [0, 0.05) is 26.8 Å². The van der Waals surface area contributed by atoms with E-state index in [1.165, 1.54) is 7.11 Å². The normalized spacial score (nSPS) is 21.6. The number of nitrogens with one attached hydrogen (secondary N) is 2. The molecule has 1 aromatic rings. The van der Waals surface area contributed by atoms with Crippen LogP contribution in [0.2, 0.25) is 0 Å². The molecule has 2 heterocycles. The van der Waals surface area contributed by atoms with Crippen molar-refractivity contribution in [3.05, 3.63) is 12.3 Å². The molecule has 0 spiro atoms. The summed E-state index contributed by atoms with van der Waals surface area (Å²) in [5.41, 5.74) is 1.34. The molecule has 3 N–H and O–H groups in total. The molecule has 0 bridgehead atoms. The van der Waals surface area contributed by atoms with Gasteiger partial charge in [0.25, 0.3) is 0 Å². The van der Waals surface area contributed by atoms with Crippen LogP contribution in [0.15, 0.2) is 12.3 Å². The first-order valence-corrected chi connectivity index (χ1v) is 6.45. The van der Waals surface area contributed by atoms with E-state index in [0.29, 0.717) is 24.5 Å². The number of anilines is 2. The van der Waals surface area contributed by atoms with Crippen LogP contribution in [0.5, 0.6) is 5.88 Å². The fourth-order valence-electron chi connectivity index (χ4n) is 2.21. The van der Waals surface area contributed by atoms with E-state index < -0.39 is 12.1 Å². The third kappa shape index (κ3) is 3.00. The number of pyridine rings is 1. The Bertz CT molecular complexity index is 493. The number of nitrogens with zero attached hydrogens (tertiary/aromatic N) is 2. The summed E-state index contributed by atoms with van der Waals surface area (Å²) in [4.78, 5) is 18.2. The molecule has 2 rings (SSSR count). The zero-order valence-corrected chi connectivity index (χ0v) is 11.9. The highest BCUT2D eigenvalue weighted by atomic mass is 16.5. The summed E-state index contributed by atoms with van der Waals surface area (Å²) in [7, 11) is 5.26. The number of hydrogen-bond donors (Lipinski definition) is 3. The van der Waals surface area contributed by atoms with Crippen LogP contribution in [0, 0.1) is 0 Å². The fourth-order valence-corrected chi connectivity index (χ4v) is 2.21. The average molecular weight is 280 g/mol. The molecule has 1 amide bonds. The van der Waals surface area contributed by atoms with Crippen molar-refractivity contribution < 1.29 is 14.6 Å². The second-order valence-corrected chi connectivity index (χ2v) is 4.95. The molecule has 1 aliphatic rings. The molecule has 1 aromatic heterocycles. The van der Waals surface area contributed by atoms with Crippen molar-refractivity contribution in [1.82, 2.24) is 10.3 Å². The number of hydrogen-bond acceptors (Lipinski definition) is 6. The van der Waals surface area contributed by atoms with Crippen LogP contribution in [-0.2, 0) is 4.79 Å². The van der Waals surface area contributed by atoms with Gasteiger partial charge in [-0.05, 0) is 12.5 Å². The van der Waals surface area contributed by atoms with Gasteiger partial charge < -0.3 is 25.4 Å². The summed E-state index contributed by atoms with van der Waals surface area (Å²) in [5.74, 6) is 0.166. The van der Waals surface area contributed by atoms with Gasteiger partial charge in [0.05, 0.1) is 24.9 Å². The molecule has 0 saturated carbocycles. The standard InChI is InChI=1S/C13H20N4O3/c1-17(2)10-4-5-14-13(20-3)11(10)16-12(19)9-6-8(18)7-15-9/h4-5,8-9,15,18H,6-7H2,1-3H3,(H,16,19). The largest absolute Gasteiger partial charge is 0.479 e. The van der Waals surface area contributed by atoms with E-state index in [9.17, 15) is 9.90 Å². The second-order valence-electron chi connectivity index (χ2n) is 4.95. The minimum atomic E-state index is -0.477. The first-order chi connectivity index (χ1) is 9.52. The van der Waals surface area contributed by atoms with Crippen LogP contribution in [0.1, 0.15) is 6.42 Å². The summed E-state index contributed by atoms with van der Waals surface area (Å²) in [6.45, 7) is 0.433. The molecule has 110 valence electrons. The number of aromatic nitrogens is 1. The molecule has 7 nitrogen and oxygen atoms in total. The van der Waals surface area contributed by atoms with E-state index in [4.69, 9.17) is 4.74 Å². The number of amides is 1. The number of carbonyl (C=O) groups excluding carboxylic acids is 1. The van der Waals surface area contributed by atoms with Crippen molar-refractivity contribution in [2.24, 2.45) is 0 Å². The number of aliphatic hydroxyl groups excluding tert-OH is 1. The predicted octanol–water partition coefficient (Wildman–Crippen LogP) is -0.183. The van der Waals surface area contributed by atoms with Gasteiger partial charge in [0.2, 0.25) is 11.8 Å². The summed E-state index contributed by atoms with van der Waals surface area (Å²) in [6, 6.07) is 1.40. The van der Waals surface area contributed by atoms with Crippen molar-refractivity contribution in [2.75, 3.05) is 38.0 Å². The molecule has 7 heteroatoms. The fraction of sp³-hybridized carbons (Fsp3) is 0.538. The van der Waals surface area contributed by atoms with Crippen LogP contribution in [0.3, 0.4) is 0 Å². The molecule has 20 heavy (non-hydrogen) atoms. The Balaban J connectivity index is 2.21. The van der Waals surface area contributed by atoms with Crippen molar-refractivity contribution in [1.29, 1.82) is 0 Å². The van der Waals surface area contributed by atoms with E-state index in [1.54, 1.807) is 12.3 Å². The maximum Gasteiger partial charge on any atom is 0.241 e. The smallest absolute Gasteiger partial charge is 0.241 e. The number of β-amino-alcohol motifs (C(OH)–C–C–N with tert-alkyl or cyclic N) is 1. The molecule has 2 atom stereocenters. The number of carbonyl (C=O) groups is 1. The van der Waals surface area contributed by atoms with E-state index in [1.807, 2.05) is 19.0 Å². The van der Waals surface area contributed by atoms with Gasteiger partial charge in [-0.2, -0.15) is 0 Å². The van der Waals surface area contributed by atoms with Crippen molar-refractivity contribution in [3.63, 3.8) is 0 Å². The Morgan fingerprint density at radius 3 is 2.90 bits per heavy atom. The molecule has 0 aromatic carbocycles. The molecule has 0 aliphatic carbocycles. The highest BCUT2D eigenvalue weighted by Crippen LogP contribution is 2.32. The van der Waals surface area contributed by atoms with Crippen molar-refractivity contribution in [2.45, 2.75) is 18.6 Å². The molecule has 1 fully saturated rings. The van der Waals surface area contributed by atoms with Gasteiger partial charge in [-0.15, -0.1) is 0 Å². The van der Waals surface area contributed by atoms with Gasteiger partial charge in [-0.1, -0.05) is 0 Å². The number of ether oxygens (including phenoxy) is 1. The molecular weight excluding hydrogens is 260 g/mol. The van der Waals surface area contributed by atoms with Gasteiger partial charge in [0.1, 0.15) is 5.69 Å². The Morgan fingerprint density at radius 2 is 2.35 bits per heavy atom. The summed E-state index contributed by atoms with van der Waals surface area (Å²) < 4.78 is 5.20. The number of rotatable bonds is 4. The van der Waals surface area contributed by atoms with Crippen LogP contribution >= 0.6 is 0 Å². The third-order valence-corrected chi connectivity index (χ3v) is 3.24. The molecule has 2 unspecified atom stereocenters. The van der Waals surface area contributed by atoms with Crippen LogP contribution < -0.4 is 20.3 Å². The Morgan fingerprint density at radius 1 is 1.60 bits per heavy atom. The topological polar surface area (TPSA) is 86.7 Å². The second kappa shape index (κ2) is 6.06. The quantitative estimate of drug-likeness (QED) is 0.709. The third-order valence-electron chi connectivity index (χ3n) is 3.24. The first-order valence-electron chi connectivity index (χ1n) is 6.45. The highest BCUT2D eigenvalue weighted by Gasteiger charge is 2.29. The van der Waals surface area contributed by atoms with E-state index in [2.05, 4.69) is 15.6 Å². The monoisotopic (exact) mass is 280 g/mol. The maximum absolute atomic E-state index is 12.2. The van der Waals surface area contributed by atoms with Crippen LogP contribution in [0.25, 0.3) is 0 Å². The Labute approximate surface area is 117 Å². The lowest BCUT2D eigenvalue weighted by molar-refractivity contribution is -0.117. The van der Waals surface area contributed by atoms with Crippen molar-refractivity contribution in [3.8, 4) is 5.88 Å². The Kier molecular flexibility index (Phi) is 4.41. The minimum absolute atomic E-state index is 0.198. The van der Waals surface area contributed by atoms with Gasteiger partial charge in [-0.25, -0.2) is 4.98 Å².